The highest BCUT2D eigenvalue weighted by molar-refractivity contribution is 5.21. The molecule has 0 radical (unpaired) electrons. The second-order valence-corrected chi connectivity index (χ2v) is 5.80. The van der Waals surface area contributed by atoms with Gasteiger partial charge < -0.3 is 10.8 Å². The van der Waals surface area contributed by atoms with Crippen molar-refractivity contribution in [1.82, 2.24) is 4.90 Å². The van der Waals surface area contributed by atoms with Crippen LogP contribution < -0.4 is 5.73 Å². The Bertz CT molecular complexity index is 377. The molecule has 1 aromatic carbocycles. The van der Waals surface area contributed by atoms with Crippen molar-refractivity contribution in [1.29, 1.82) is 0 Å². The van der Waals surface area contributed by atoms with E-state index in [0.717, 1.165) is 25.1 Å². The second-order valence-electron chi connectivity index (χ2n) is 5.80. The summed E-state index contributed by atoms with van der Waals surface area (Å²) in [5.41, 5.74) is 6.27. The van der Waals surface area contributed by atoms with E-state index in [4.69, 9.17) is 5.73 Å². The molecule has 0 aliphatic carbocycles. The summed E-state index contributed by atoms with van der Waals surface area (Å²) < 4.78 is 0. The smallest absolute Gasteiger partial charge is 0.0994 e. The first-order valence-corrected chi connectivity index (χ1v) is 6.75. The van der Waals surface area contributed by atoms with Gasteiger partial charge in [0, 0.05) is 19.1 Å². The zero-order valence-corrected chi connectivity index (χ0v) is 11.3. The van der Waals surface area contributed by atoms with Gasteiger partial charge in [-0.3, -0.25) is 4.90 Å². The van der Waals surface area contributed by atoms with E-state index in [1.807, 2.05) is 37.3 Å². The normalized spacial score (nSPS) is 28.9. The minimum absolute atomic E-state index is 0.227. The van der Waals surface area contributed by atoms with Crippen LogP contribution in [0.2, 0.25) is 0 Å². The van der Waals surface area contributed by atoms with Gasteiger partial charge in [-0.2, -0.15) is 0 Å². The summed E-state index contributed by atoms with van der Waals surface area (Å²) >= 11 is 0. The van der Waals surface area contributed by atoms with E-state index < -0.39 is 5.60 Å². The number of likely N-dealkylation sites (tertiary alicyclic amines) is 1. The molecule has 1 fully saturated rings. The Morgan fingerprint density at radius 2 is 2.06 bits per heavy atom. The number of hydrogen-bond acceptors (Lipinski definition) is 3. The Morgan fingerprint density at radius 1 is 1.39 bits per heavy atom. The number of hydrogen-bond donors (Lipinski definition) is 2. The molecule has 3 atom stereocenters. The standard InChI is InChI=1S/C15H24N2O/c1-12-8-9-17(10-14(12)16)11-15(2,18)13-6-4-3-5-7-13/h3-7,12,14,18H,8-11,16H2,1-2H3. The molecule has 3 heteroatoms. The topological polar surface area (TPSA) is 49.5 Å². The number of nitrogens with two attached hydrogens (primary N) is 1. The molecule has 0 aromatic heterocycles. The Kier molecular flexibility index (Phi) is 4.05. The third-order valence-corrected chi connectivity index (χ3v) is 4.03. The van der Waals surface area contributed by atoms with E-state index in [1.54, 1.807) is 0 Å². The number of aliphatic hydroxyl groups is 1. The first kappa shape index (κ1) is 13.5. The van der Waals surface area contributed by atoms with Gasteiger partial charge in [-0.1, -0.05) is 37.3 Å². The Morgan fingerprint density at radius 3 is 2.67 bits per heavy atom. The number of rotatable bonds is 3. The average Bonchev–Trinajstić information content (AvgIpc) is 2.35. The zero-order chi connectivity index (χ0) is 13.2. The maximum atomic E-state index is 10.6. The first-order valence-electron chi connectivity index (χ1n) is 6.75. The van der Waals surface area contributed by atoms with Crippen LogP contribution in [0.1, 0.15) is 25.8 Å². The monoisotopic (exact) mass is 248 g/mol. The number of benzene rings is 1. The van der Waals surface area contributed by atoms with Crippen molar-refractivity contribution in [3.8, 4) is 0 Å². The lowest BCUT2D eigenvalue weighted by atomic mass is 9.91. The van der Waals surface area contributed by atoms with Gasteiger partial charge in [0.25, 0.3) is 0 Å². The summed E-state index contributed by atoms with van der Waals surface area (Å²) in [6.07, 6.45) is 1.12. The Balaban J connectivity index is 2.00. The van der Waals surface area contributed by atoms with Crippen LogP contribution in [0.15, 0.2) is 30.3 Å². The Hall–Kier alpha value is -0.900. The molecule has 3 nitrogen and oxygen atoms in total. The summed E-state index contributed by atoms with van der Waals surface area (Å²) in [4.78, 5) is 2.28. The van der Waals surface area contributed by atoms with Gasteiger partial charge in [-0.05, 0) is 31.4 Å². The minimum atomic E-state index is -0.804. The summed E-state index contributed by atoms with van der Waals surface area (Å²) in [6.45, 7) is 6.64. The van der Waals surface area contributed by atoms with Gasteiger partial charge in [-0.25, -0.2) is 0 Å². The quantitative estimate of drug-likeness (QED) is 0.853. The van der Waals surface area contributed by atoms with Crippen LogP contribution in [-0.4, -0.2) is 35.7 Å². The van der Waals surface area contributed by atoms with Gasteiger partial charge in [0.1, 0.15) is 0 Å². The fourth-order valence-corrected chi connectivity index (χ4v) is 2.64. The maximum absolute atomic E-state index is 10.6. The average molecular weight is 248 g/mol. The van der Waals surface area contributed by atoms with E-state index in [-0.39, 0.29) is 6.04 Å². The SMILES string of the molecule is CC1CCN(CC(C)(O)c2ccccc2)CC1N. The van der Waals surface area contributed by atoms with Crippen molar-refractivity contribution in [2.24, 2.45) is 11.7 Å². The van der Waals surface area contributed by atoms with Gasteiger partial charge >= 0.3 is 0 Å². The summed E-state index contributed by atoms with van der Waals surface area (Å²) in [6, 6.07) is 10.1. The van der Waals surface area contributed by atoms with E-state index >= 15 is 0 Å². The van der Waals surface area contributed by atoms with Crippen LogP contribution in [0.4, 0.5) is 0 Å². The van der Waals surface area contributed by atoms with Crippen molar-refractivity contribution in [2.45, 2.75) is 31.9 Å². The minimum Gasteiger partial charge on any atom is -0.384 e. The lowest BCUT2D eigenvalue weighted by molar-refractivity contribution is 0.00343. The lowest BCUT2D eigenvalue weighted by Gasteiger charge is -2.39. The molecule has 0 amide bonds. The highest BCUT2D eigenvalue weighted by atomic mass is 16.3. The molecule has 0 spiro atoms. The molecule has 1 heterocycles. The zero-order valence-electron chi connectivity index (χ0n) is 11.3. The first-order chi connectivity index (χ1) is 8.49. The van der Waals surface area contributed by atoms with Crippen LogP contribution in [-0.2, 0) is 5.60 Å². The van der Waals surface area contributed by atoms with Gasteiger partial charge in [0.05, 0.1) is 5.60 Å². The molecule has 0 saturated carbocycles. The van der Waals surface area contributed by atoms with Crippen LogP contribution in [0.5, 0.6) is 0 Å². The van der Waals surface area contributed by atoms with Crippen LogP contribution in [0, 0.1) is 5.92 Å². The highest BCUT2D eigenvalue weighted by Crippen LogP contribution is 2.24. The fourth-order valence-electron chi connectivity index (χ4n) is 2.64. The molecule has 18 heavy (non-hydrogen) atoms. The Labute approximate surface area is 110 Å². The van der Waals surface area contributed by atoms with Crippen molar-refractivity contribution in [3.63, 3.8) is 0 Å². The summed E-state index contributed by atoms with van der Waals surface area (Å²) in [5.74, 6) is 0.586. The molecule has 0 bridgehead atoms. The summed E-state index contributed by atoms with van der Waals surface area (Å²) in [5, 5.41) is 10.6. The fraction of sp³-hybridized carbons (Fsp3) is 0.600. The summed E-state index contributed by atoms with van der Waals surface area (Å²) in [7, 11) is 0. The van der Waals surface area contributed by atoms with Crippen molar-refractivity contribution in [2.75, 3.05) is 19.6 Å². The molecule has 1 aromatic rings. The predicted molar refractivity (Wildman–Crippen MR) is 74.2 cm³/mol. The molecule has 2 rings (SSSR count). The maximum Gasteiger partial charge on any atom is 0.0994 e. The molecule has 3 N–H and O–H groups in total. The molecule has 3 unspecified atom stereocenters. The van der Waals surface area contributed by atoms with Crippen LogP contribution >= 0.6 is 0 Å². The number of nitrogens with zero attached hydrogens (tertiary/aromatic N) is 1. The highest BCUT2D eigenvalue weighted by Gasteiger charge is 2.30. The van der Waals surface area contributed by atoms with Crippen molar-refractivity contribution in [3.05, 3.63) is 35.9 Å². The van der Waals surface area contributed by atoms with Crippen LogP contribution in [0.3, 0.4) is 0 Å². The van der Waals surface area contributed by atoms with Gasteiger partial charge in [-0.15, -0.1) is 0 Å². The van der Waals surface area contributed by atoms with E-state index in [9.17, 15) is 5.11 Å². The van der Waals surface area contributed by atoms with E-state index in [0.29, 0.717) is 12.5 Å². The molecule has 1 saturated heterocycles. The van der Waals surface area contributed by atoms with Crippen molar-refractivity contribution < 1.29 is 5.11 Å². The third-order valence-electron chi connectivity index (χ3n) is 4.03. The molecule has 100 valence electrons. The molecule has 1 aliphatic rings. The second kappa shape index (κ2) is 5.39. The molecular formula is C15H24N2O. The largest absolute Gasteiger partial charge is 0.384 e. The predicted octanol–water partition coefficient (Wildman–Crippen LogP) is 1.56. The van der Waals surface area contributed by atoms with E-state index in [1.165, 1.54) is 0 Å². The van der Waals surface area contributed by atoms with E-state index in [2.05, 4.69) is 11.8 Å². The lowest BCUT2D eigenvalue weighted by Crippen LogP contribution is -2.51. The number of piperidine rings is 1. The van der Waals surface area contributed by atoms with Gasteiger partial charge in [0.15, 0.2) is 0 Å². The van der Waals surface area contributed by atoms with Crippen molar-refractivity contribution >= 4 is 0 Å². The number of β-amino-alcohol motifs (C(OH)–C–C–N with tert-alkyl or cyclic N) is 1. The molecular weight excluding hydrogens is 224 g/mol. The molecule has 1 aliphatic heterocycles. The van der Waals surface area contributed by atoms with Crippen LogP contribution in [0.25, 0.3) is 0 Å². The third kappa shape index (κ3) is 3.10. The van der Waals surface area contributed by atoms with Gasteiger partial charge in [0.2, 0.25) is 0 Å².